The lowest BCUT2D eigenvalue weighted by atomic mass is 9.88. The van der Waals surface area contributed by atoms with E-state index in [0.717, 1.165) is 17.7 Å². The lowest BCUT2D eigenvalue weighted by Gasteiger charge is -2.15. The van der Waals surface area contributed by atoms with Crippen LogP contribution in [0.3, 0.4) is 0 Å². The van der Waals surface area contributed by atoms with Crippen molar-refractivity contribution in [2.75, 3.05) is 0 Å². The molecular formula is C18H18N2. The number of hydrogen-bond donors (Lipinski definition) is 0. The lowest BCUT2D eigenvalue weighted by molar-refractivity contribution is 0.785. The average Bonchev–Trinajstić information content (AvgIpc) is 2.53. The van der Waals surface area contributed by atoms with Crippen LogP contribution in [0, 0.1) is 11.3 Å². The van der Waals surface area contributed by atoms with Crippen LogP contribution >= 0.6 is 0 Å². The van der Waals surface area contributed by atoms with Crippen molar-refractivity contribution in [1.82, 2.24) is 4.98 Å². The van der Waals surface area contributed by atoms with E-state index in [1.54, 1.807) is 0 Å². The van der Waals surface area contributed by atoms with Gasteiger partial charge in [-0.2, -0.15) is 5.26 Å². The maximum Gasteiger partial charge on any atom is 0.0947 e. The van der Waals surface area contributed by atoms with Crippen LogP contribution in [-0.2, 0) is 12.8 Å². The van der Waals surface area contributed by atoms with E-state index in [2.05, 4.69) is 30.6 Å². The van der Waals surface area contributed by atoms with Crippen molar-refractivity contribution in [2.24, 2.45) is 0 Å². The molecule has 0 N–H and O–H groups in total. The van der Waals surface area contributed by atoms with Crippen molar-refractivity contribution in [1.29, 1.82) is 5.26 Å². The predicted molar refractivity (Wildman–Crippen MR) is 81.3 cm³/mol. The molecule has 0 aliphatic carbocycles. The van der Waals surface area contributed by atoms with Crippen LogP contribution in [0.25, 0.3) is 0 Å². The highest BCUT2D eigenvalue weighted by atomic mass is 14.7. The Morgan fingerprint density at radius 2 is 2.00 bits per heavy atom. The third-order valence-corrected chi connectivity index (χ3v) is 3.47. The first-order valence-electron chi connectivity index (χ1n) is 6.82. The Labute approximate surface area is 120 Å². The molecule has 2 rings (SSSR count). The fourth-order valence-corrected chi connectivity index (χ4v) is 2.20. The number of aromatic nitrogens is 1. The minimum Gasteiger partial charge on any atom is -0.261 e. The molecule has 0 saturated carbocycles. The first-order chi connectivity index (χ1) is 9.74. The second kappa shape index (κ2) is 6.68. The largest absolute Gasteiger partial charge is 0.261 e. The molecule has 0 unspecified atom stereocenters. The van der Waals surface area contributed by atoms with Gasteiger partial charge in [-0.3, -0.25) is 4.98 Å². The van der Waals surface area contributed by atoms with E-state index in [9.17, 15) is 0 Å². The minimum atomic E-state index is 0.00109. The SMILES string of the molecule is C=C(C#N)[C@H](Cc1ccc(CC)cn1)c1ccccc1. The molecule has 0 bridgehead atoms. The zero-order valence-corrected chi connectivity index (χ0v) is 11.7. The van der Waals surface area contributed by atoms with Crippen LogP contribution in [0.4, 0.5) is 0 Å². The van der Waals surface area contributed by atoms with Crippen molar-refractivity contribution in [3.63, 3.8) is 0 Å². The first kappa shape index (κ1) is 14.0. The maximum absolute atomic E-state index is 9.16. The molecule has 0 aliphatic heterocycles. The summed E-state index contributed by atoms with van der Waals surface area (Å²) in [5, 5.41) is 9.16. The van der Waals surface area contributed by atoms with E-state index in [1.165, 1.54) is 5.56 Å². The van der Waals surface area contributed by atoms with Gasteiger partial charge in [0, 0.05) is 29.8 Å². The Morgan fingerprint density at radius 1 is 1.25 bits per heavy atom. The number of benzene rings is 1. The van der Waals surface area contributed by atoms with Gasteiger partial charge in [0.05, 0.1) is 6.07 Å². The fourth-order valence-electron chi connectivity index (χ4n) is 2.20. The summed E-state index contributed by atoms with van der Waals surface area (Å²) in [5.41, 5.74) is 3.91. The van der Waals surface area contributed by atoms with Crippen LogP contribution in [0.15, 0.2) is 60.8 Å². The Kier molecular flexibility index (Phi) is 4.68. The highest BCUT2D eigenvalue weighted by molar-refractivity contribution is 5.36. The first-order valence-corrected chi connectivity index (χ1v) is 6.82. The highest BCUT2D eigenvalue weighted by Crippen LogP contribution is 2.26. The molecule has 0 fully saturated rings. The summed E-state index contributed by atoms with van der Waals surface area (Å²) in [6.45, 7) is 6.00. The summed E-state index contributed by atoms with van der Waals surface area (Å²) < 4.78 is 0. The number of pyridine rings is 1. The van der Waals surface area contributed by atoms with Gasteiger partial charge in [-0.15, -0.1) is 0 Å². The molecule has 0 aliphatic rings. The predicted octanol–water partition coefficient (Wildman–Crippen LogP) is 4.05. The second-order valence-electron chi connectivity index (χ2n) is 4.82. The van der Waals surface area contributed by atoms with Crippen LogP contribution in [-0.4, -0.2) is 4.98 Å². The van der Waals surface area contributed by atoms with Gasteiger partial charge in [0.15, 0.2) is 0 Å². The number of rotatable bonds is 5. The zero-order chi connectivity index (χ0) is 14.4. The van der Waals surface area contributed by atoms with E-state index in [4.69, 9.17) is 5.26 Å². The lowest BCUT2D eigenvalue weighted by Crippen LogP contribution is -2.06. The summed E-state index contributed by atoms with van der Waals surface area (Å²) in [5.74, 6) is 0.00109. The molecule has 1 atom stereocenters. The zero-order valence-electron chi connectivity index (χ0n) is 11.7. The van der Waals surface area contributed by atoms with Crippen LogP contribution in [0.5, 0.6) is 0 Å². The number of nitrogens with zero attached hydrogens (tertiary/aromatic N) is 2. The monoisotopic (exact) mass is 262 g/mol. The average molecular weight is 262 g/mol. The van der Waals surface area contributed by atoms with Gasteiger partial charge < -0.3 is 0 Å². The molecule has 2 heteroatoms. The molecule has 2 nitrogen and oxygen atoms in total. The van der Waals surface area contributed by atoms with Gasteiger partial charge in [0.25, 0.3) is 0 Å². The van der Waals surface area contributed by atoms with Gasteiger partial charge in [-0.25, -0.2) is 0 Å². The van der Waals surface area contributed by atoms with Crippen molar-refractivity contribution in [2.45, 2.75) is 25.7 Å². The number of nitriles is 1. The van der Waals surface area contributed by atoms with E-state index in [1.807, 2.05) is 42.6 Å². The van der Waals surface area contributed by atoms with Gasteiger partial charge in [-0.05, 0) is 23.6 Å². The minimum absolute atomic E-state index is 0.00109. The maximum atomic E-state index is 9.16. The smallest absolute Gasteiger partial charge is 0.0947 e. The molecule has 0 spiro atoms. The summed E-state index contributed by atoms with van der Waals surface area (Å²) in [4.78, 5) is 4.48. The molecule has 100 valence electrons. The fraction of sp³-hybridized carbons (Fsp3) is 0.222. The molecule has 2 aromatic rings. The van der Waals surface area contributed by atoms with Crippen LogP contribution in [0.2, 0.25) is 0 Å². The van der Waals surface area contributed by atoms with Gasteiger partial charge in [-0.1, -0.05) is 49.9 Å². The van der Waals surface area contributed by atoms with Gasteiger partial charge in [0.1, 0.15) is 0 Å². The van der Waals surface area contributed by atoms with Gasteiger partial charge >= 0.3 is 0 Å². The van der Waals surface area contributed by atoms with Gasteiger partial charge in [0.2, 0.25) is 0 Å². The second-order valence-corrected chi connectivity index (χ2v) is 4.82. The van der Waals surface area contributed by atoms with E-state index < -0.39 is 0 Å². The number of hydrogen-bond acceptors (Lipinski definition) is 2. The van der Waals surface area contributed by atoms with Crippen LogP contribution in [0.1, 0.15) is 29.7 Å². The Morgan fingerprint density at radius 3 is 2.55 bits per heavy atom. The van der Waals surface area contributed by atoms with Crippen molar-refractivity contribution < 1.29 is 0 Å². The van der Waals surface area contributed by atoms with Crippen molar-refractivity contribution in [3.8, 4) is 6.07 Å². The van der Waals surface area contributed by atoms with E-state index in [0.29, 0.717) is 12.0 Å². The molecule has 1 aromatic heterocycles. The molecule has 0 radical (unpaired) electrons. The number of aryl methyl sites for hydroxylation is 1. The van der Waals surface area contributed by atoms with E-state index in [-0.39, 0.29) is 5.92 Å². The molecule has 1 heterocycles. The van der Waals surface area contributed by atoms with Crippen LogP contribution < -0.4 is 0 Å². The third-order valence-electron chi connectivity index (χ3n) is 3.47. The Bertz CT molecular complexity index is 606. The Balaban J connectivity index is 2.24. The summed E-state index contributed by atoms with van der Waals surface area (Å²) in [7, 11) is 0. The normalized spacial score (nSPS) is 11.6. The molecule has 20 heavy (non-hydrogen) atoms. The summed E-state index contributed by atoms with van der Waals surface area (Å²) in [6.07, 6.45) is 3.60. The van der Waals surface area contributed by atoms with Crippen molar-refractivity contribution >= 4 is 0 Å². The third kappa shape index (κ3) is 3.33. The number of allylic oxidation sites excluding steroid dienone is 1. The molecule has 0 amide bonds. The van der Waals surface area contributed by atoms with Crippen molar-refractivity contribution in [3.05, 3.63) is 77.6 Å². The quantitative estimate of drug-likeness (QED) is 0.762. The molecule has 1 aromatic carbocycles. The topological polar surface area (TPSA) is 36.7 Å². The summed E-state index contributed by atoms with van der Waals surface area (Å²) >= 11 is 0. The summed E-state index contributed by atoms with van der Waals surface area (Å²) in [6, 6.07) is 16.3. The van der Waals surface area contributed by atoms with E-state index >= 15 is 0 Å². The Hall–Kier alpha value is -2.40. The molecule has 0 saturated heterocycles. The standard InChI is InChI=1S/C18H18N2/c1-3-15-9-10-17(20-13-15)11-18(14(2)12-19)16-7-5-4-6-8-16/h4-10,13,18H,2-3,11H2,1H3/t18-/m0/s1. The molecular weight excluding hydrogens is 244 g/mol. The highest BCUT2D eigenvalue weighted by Gasteiger charge is 2.16.